The fourth-order valence-corrected chi connectivity index (χ4v) is 2.80. The van der Waals surface area contributed by atoms with Crippen LogP contribution in [-0.2, 0) is 11.3 Å². The lowest BCUT2D eigenvalue weighted by Crippen LogP contribution is -2.26. The number of nitrogens with one attached hydrogen (secondary N) is 1. The van der Waals surface area contributed by atoms with Gasteiger partial charge in [0.15, 0.2) is 0 Å². The van der Waals surface area contributed by atoms with Crippen LogP contribution in [0, 0.1) is 16.7 Å². The molecule has 0 saturated heterocycles. The number of rotatable bonds is 3. The standard InChI is InChI=1S/C15H21NO2/c1-14(2)12(15(14,3)4)13(18)16-9-10-7-5-6-8-11(10)17/h5-8,12,17H,9H2,1-4H3,(H,16,18). The normalized spacial score (nSPS) is 20.4. The number of benzene rings is 1. The largest absolute Gasteiger partial charge is 0.508 e. The number of phenols is 1. The number of phenolic OH excluding ortho intramolecular Hbond substituents is 1. The van der Waals surface area contributed by atoms with Crippen molar-refractivity contribution in [3.63, 3.8) is 0 Å². The summed E-state index contributed by atoms with van der Waals surface area (Å²) < 4.78 is 0. The van der Waals surface area contributed by atoms with Crippen molar-refractivity contribution in [3.05, 3.63) is 29.8 Å². The van der Waals surface area contributed by atoms with E-state index in [0.717, 1.165) is 5.56 Å². The van der Waals surface area contributed by atoms with Gasteiger partial charge in [0.2, 0.25) is 5.91 Å². The zero-order chi connectivity index (χ0) is 13.6. The highest BCUT2D eigenvalue weighted by molar-refractivity contribution is 5.84. The van der Waals surface area contributed by atoms with Crippen LogP contribution >= 0.6 is 0 Å². The van der Waals surface area contributed by atoms with Crippen LogP contribution in [0.4, 0.5) is 0 Å². The first-order valence-electron chi connectivity index (χ1n) is 6.33. The topological polar surface area (TPSA) is 49.3 Å². The Morgan fingerprint density at radius 3 is 2.28 bits per heavy atom. The second-order valence-corrected chi connectivity index (χ2v) is 6.22. The van der Waals surface area contributed by atoms with Crippen LogP contribution < -0.4 is 5.32 Å². The van der Waals surface area contributed by atoms with Gasteiger partial charge in [-0.3, -0.25) is 4.79 Å². The molecule has 2 rings (SSSR count). The molecule has 98 valence electrons. The lowest BCUT2D eigenvalue weighted by atomic mass is 10.0. The number of carbonyl (C=O) groups excluding carboxylic acids is 1. The summed E-state index contributed by atoms with van der Waals surface area (Å²) in [5, 5.41) is 12.5. The average molecular weight is 247 g/mol. The van der Waals surface area contributed by atoms with Crippen LogP contribution in [0.25, 0.3) is 0 Å². The van der Waals surface area contributed by atoms with E-state index in [2.05, 4.69) is 33.0 Å². The predicted molar refractivity (Wildman–Crippen MR) is 71.0 cm³/mol. The molecule has 18 heavy (non-hydrogen) atoms. The summed E-state index contributed by atoms with van der Waals surface area (Å²) in [4.78, 5) is 12.1. The average Bonchev–Trinajstić information content (AvgIpc) is 2.68. The number of hydrogen-bond acceptors (Lipinski definition) is 2. The zero-order valence-electron chi connectivity index (χ0n) is 11.4. The maximum atomic E-state index is 12.1. The van der Waals surface area contributed by atoms with E-state index < -0.39 is 0 Å². The molecule has 1 amide bonds. The van der Waals surface area contributed by atoms with Gasteiger partial charge in [0, 0.05) is 18.0 Å². The zero-order valence-corrected chi connectivity index (χ0v) is 11.4. The second kappa shape index (κ2) is 4.01. The number of amides is 1. The Balaban J connectivity index is 1.97. The molecule has 3 nitrogen and oxygen atoms in total. The highest BCUT2D eigenvalue weighted by Crippen LogP contribution is 2.68. The highest BCUT2D eigenvalue weighted by atomic mass is 16.3. The molecule has 1 aliphatic carbocycles. The van der Waals surface area contributed by atoms with E-state index in [9.17, 15) is 9.90 Å². The van der Waals surface area contributed by atoms with Gasteiger partial charge in [0.25, 0.3) is 0 Å². The van der Waals surface area contributed by atoms with E-state index in [0.29, 0.717) is 6.54 Å². The SMILES string of the molecule is CC1(C)C(C(=O)NCc2ccccc2O)C1(C)C. The fourth-order valence-electron chi connectivity index (χ4n) is 2.80. The minimum Gasteiger partial charge on any atom is -0.508 e. The number of hydrogen-bond donors (Lipinski definition) is 2. The second-order valence-electron chi connectivity index (χ2n) is 6.22. The third kappa shape index (κ3) is 1.88. The van der Waals surface area contributed by atoms with Crippen molar-refractivity contribution in [2.75, 3.05) is 0 Å². The molecule has 0 aromatic heterocycles. The van der Waals surface area contributed by atoms with Crippen LogP contribution in [0.15, 0.2) is 24.3 Å². The third-order valence-corrected chi connectivity index (χ3v) is 4.73. The van der Waals surface area contributed by atoms with E-state index in [1.807, 2.05) is 12.1 Å². The Bertz CT molecular complexity index is 463. The molecule has 3 heteroatoms. The Morgan fingerprint density at radius 2 is 1.78 bits per heavy atom. The van der Waals surface area contributed by atoms with Gasteiger partial charge in [-0.2, -0.15) is 0 Å². The number of para-hydroxylation sites is 1. The van der Waals surface area contributed by atoms with Crippen molar-refractivity contribution in [2.24, 2.45) is 16.7 Å². The summed E-state index contributed by atoms with van der Waals surface area (Å²) in [5.41, 5.74) is 0.855. The molecule has 0 atom stereocenters. The molecule has 1 aliphatic rings. The van der Waals surface area contributed by atoms with Gasteiger partial charge in [-0.1, -0.05) is 45.9 Å². The third-order valence-electron chi connectivity index (χ3n) is 4.73. The van der Waals surface area contributed by atoms with Gasteiger partial charge in [0.1, 0.15) is 5.75 Å². The van der Waals surface area contributed by atoms with Crippen molar-refractivity contribution in [3.8, 4) is 5.75 Å². The van der Waals surface area contributed by atoms with Gasteiger partial charge < -0.3 is 10.4 Å². The van der Waals surface area contributed by atoms with E-state index in [4.69, 9.17) is 0 Å². The molecular weight excluding hydrogens is 226 g/mol. The summed E-state index contributed by atoms with van der Waals surface area (Å²) in [6.07, 6.45) is 0. The summed E-state index contributed by atoms with van der Waals surface area (Å²) in [6.45, 7) is 8.87. The molecule has 0 spiro atoms. The molecule has 1 aromatic carbocycles. The van der Waals surface area contributed by atoms with Crippen LogP contribution in [0.2, 0.25) is 0 Å². The van der Waals surface area contributed by atoms with Crippen LogP contribution in [0.3, 0.4) is 0 Å². The summed E-state index contributed by atoms with van der Waals surface area (Å²) >= 11 is 0. The van der Waals surface area contributed by atoms with Crippen molar-refractivity contribution >= 4 is 5.91 Å². The molecule has 1 aromatic rings. The van der Waals surface area contributed by atoms with Crippen LogP contribution in [0.5, 0.6) is 5.75 Å². The minimum absolute atomic E-state index is 0.0514. The maximum Gasteiger partial charge on any atom is 0.224 e. The molecule has 0 bridgehead atoms. The lowest BCUT2D eigenvalue weighted by Gasteiger charge is -2.07. The van der Waals surface area contributed by atoms with E-state index in [1.165, 1.54) is 0 Å². The summed E-state index contributed by atoms with van der Waals surface area (Å²) in [6, 6.07) is 7.07. The monoisotopic (exact) mass is 247 g/mol. The van der Waals surface area contributed by atoms with Crippen molar-refractivity contribution in [1.29, 1.82) is 0 Å². The Hall–Kier alpha value is -1.51. The van der Waals surface area contributed by atoms with Gasteiger partial charge >= 0.3 is 0 Å². The van der Waals surface area contributed by atoms with E-state index in [-0.39, 0.29) is 28.4 Å². The maximum absolute atomic E-state index is 12.1. The first-order chi connectivity index (χ1) is 8.28. The van der Waals surface area contributed by atoms with Gasteiger partial charge in [-0.25, -0.2) is 0 Å². The van der Waals surface area contributed by atoms with Gasteiger partial charge in [-0.15, -0.1) is 0 Å². The first kappa shape index (κ1) is 12.9. The molecule has 0 heterocycles. The van der Waals surface area contributed by atoms with Crippen molar-refractivity contribution < 1.29 is 9.90 Å². The first-order valence-corrected chi connectivity index (χ1v) is 6.33. The lowest BCUT2D eigenvalue weighted by molar-refractivity contribution is -0.123. The van der Waals surface area contributed by atoms with Crippen molar-refractivity contribution in [2.45, 2.75) is 34.2 Å². The summed E-state index contributed by atoms with van der Waals surface area (Å²) in [5.74, 6) is 0.358. The molecule has 1 saturated carbocycles. The van der Waals surface area contributed by atoms with Crippen LogP contribution in [0.1, 0.15) is 33.3 Å². The Morgan fingerprint density at radius 1 is 1.22 bits per heavy atom. The highest BCUT2D eigenvalue weighted by Gasteiger charge is 2.68. The quantitative estimate of drug-likeness (QED) is 0.862. The Kier molecular flexibility index (Phi) is 2.88. The molecular formula is C15H21NO2. The van der Waals surface area contributed by atoms with Gasteiger partial charge in [0.05, 0.1) is 0 Å². The predicted octanol–water partition coefficient (Wildman–Crippen LogP) is 2.69. The molecule has 1 fully saturated rings. The molecule has 0 radical (unpaired) electrons. The Labute approximate surface area is 108 Å². The van der Waals surface area contributed by atoms with E-state index >= 15 is 0 Å². The smallest absolute Gasteiger partial charge is 0.224 e. The number of aromatic hydroxyl groups is 1. The van der Waals surface area contributed by atoms with E-state index in [1.54, 1.807) is 12.1 Å². The number of carbonyl (C=O) groups is 1. The molecule has 0 unspecified atom stereocenters. The fraction of sp³-hybridized carbons (Fsp3) is 0.533. The van der Waals surface area contributed by atoms with Crippen LogP contribution in [-0.4, -0.2) is 11.0 Å². The molecule has 0 aliphatic heterocycles. The van der Waals surface area contributed by atoms with Gasteiger partial charge in [-0.05, 0) is 16.9 Å². The van der Waals surface area contributed by atoms with Crippen molar-refractivity contribution in [1.82, 2.24) is 5.32 Å². The minimum atomic E-state index is 0.0514. The summed E-state index contributed by atoms with van der Waals surface area (Å²) in [7, 11) is 0. The molecule has 2 N–H and O–H groups in total.